The Balaban J connectivity index is 1.79. The van der Waals surface area contributed by atoms with Crippen molar-refractivity contribution >= 4 is 22.6 Å². The number of hydrogen-bond donors (Lipinski definition) is 3. The molecular formula is C20H26N2O3. The molecule has 1 unspecified atom stereocenters. The van der Waals surface area contributed by atoms with Gasteiger partial charge in [0.05, 0.1) is 19.1 Å². The predicted molar refractivity (Wildman–Crippen MR) is 99.1 cm³/mol. The van der Waals surface area contributed by atoms with Crippen LogP contribution in [0.5, 0.6) is 0 Å². The van der Waals surface area contributed by atoms with E-state index in [0.29, 0.717) is 12.3 Å². The molecule has 0 aromatic heterocycles. The Morgan fingerprint density at radius 3 is 2.48 bits per heavy atom. The van der Waals surface area contributed by atoms with Crippen LogP contribution >= 0.6 is 0 Å². The van der Waals surface area contributed by atoms with Gasteiger partial charge < -0.3 is 15.7 Å². The third-order valence-electron chi connectivity index (χ3n) is 3.96. The van der Waals surface area contributed by atoms with Gasteiger partial charge in [0.1, 0.15) is 0 Å². The second-order valence-electron chi connectivity index (χ2n) is 6.68. The topological polar surface area (TPSA) is 78.4 Å². The molecule has 2 amide bonds. The van der Waals surface area contributed by atoms with Crippen LogP contribution in [-0.2, 0) is 16.0 Å². The smallest absolute Gasteiger partial charge is 0.239 e. The fraction of sp³-hybridized carbons (Fsp3) is 0.400. The van der Waals surface area contributed by atoms with Crippen molar-refractivity contribution in [2.24, 2.45) is 5.92 Å². The molecule has 3 N–H and O–H groups in total. The summed E-state index contributed by atoms with van der Waals surface area (Å²) in [5.41, 5.74) is 0.934. The lowest BCUT2D eigenvalue weighted by molar-refractivity contribution is -0.126. The summed E-state index contributed by atoms with van der Waals surface area (Å²) in [5.74, 6) is -0.129. The molecule has 2 aromatic carbocycles. The van der Waals surface area contributed by atoms with Crippen LogP contribution in [0.15, 0.2) is 42.5 Å². The third kappa shape index (κ3) is 6.19. The fourth-order valence-corrected chi connectivity index (χ4v) is 2.78. The van der Waals surface area contributed by atoms with E-state index in [1.807, 2.05) is 56.3 Å². The van der Waals surface area contributed by atoms with Crippen LogP contribution in [0.2, 0.25) is 0 Å². The van der Waals surface area contributed by atoms with Crippen molar-refractivity contribution in [3.63, 3.8) is 0 Å². The molecule has 2 aromatic rings. The third-order valence-corrected chi connectivity index (χ3v) is 3.96. The minimum atomic E-state index is -0.560. The summed E-state index contributed by atoms with van der Waals surface area (Å²) in [7, 11) is 0. The number of carbonyl (C=O) groups excluding carboxylic acids is 2. The van der Waals surface area contributed by atoms with Crippen molar-refractivity contribution in [2.45, 2.75) is 32.8 Å². The van der Waals surface area contributed by atoms with Crippen molar-refractivity contribution < 1.29 is 14.7 Å². The van der Waals surface area contributed by atoms with Crippen LogP contribution in [0.3, 0.4) is 0 Å². The second kappa shape index (κ2) is 9.18. The number of aliphatic hydroxyl groups excluding tert-OH is 1. The number of aliphatic hydroxyl groups is 1. The van der Waals surface area contributed by atoms with Gasteiger partial charge in [0.2, 0.25) is 11.8 Å². The summed E-state index contributed by atoms with van der Waals surface area (Å²) in [5, 5.41) is 17.1. The molecule has 2 rings (SSSR count). The number of rotatable bonds is 8. The minimum absolute atomic E-state index is 0.0853. The van der Waals surface area contributed by atoms with Crippen molar-refractivity contribution in [3.05, 3.63) is 48.0 Å². The van der Waals surface area contributed by atoms with Crippen molar-refractivity contribution in [3.8, 4) is 0 Å². The van der Waals surface area contributed by atoms with E-state index in [-0.39, 0.29) is 31.3 Å². The maximum absolute atomic E-state index is 12.1. The van der Waals surface area contributed by atoms with E-state index in [1.165, 1.54) is 0 Å². The summed E-state index contributed by atoms with van der Waals surface area (Å²) in [6.07, 6.45) is 0.300. The number of amides is 2. The van der Waals surface area contributed by atoms with Gasteiger partial charge in [-0.3, -0.25) is 9.59 Å². The molecule has 1 atom stereocenters. The van der Waals surface area contributed by atoms with Crippen molar-refractivity contribution in [1.29, 1.82) is 0 Å². The Hall–Kier alpha value is -2.40. The molecule has 5 heteroatoms. The van der Waals surface area contributed by atoms with Gasteiger partial charge in [0.15, 0.2) is 0 Å². The van der Waals surface area contributed by atoms with Gasteiger partial charge in [0, 0.05) is 6.54 Å². The molecule has 5 nitrogen and oxygen atoms in total. The SMILES string of the molecule is CC(C)CC(O)CNC(=O)CNC(=O)Cc1cccc2ccccc12. The average Bonchev–Trinajstić information content (AvgIpc) is 2.58. The van der Waals surface area contributed by atoms with Crippen LogP contribution in [0, 0.1) is 5.92 Å². The van der Waals surface area contributed by atoms with Gasteiger partial charge in [-0.25, -0.2) is 0 Å². The molecule has 0 aliphatic carbocycles. The molecule has 0 fully saturated rings. The average molecular weight is 342 g/mol. The molecule has 0 saturated heterocycles. The highest BCUT2D eigenvalue weighted by Gasteiger charge is 2.11. The van der Waals surface area contributed by atoms with Crippen LogP contribution in [0.25, 0.3) is 10.8 Å². The molecule has 0 aliphatic rings. The lowest BCUT2D eigenvalue weighted by atomic mass is 10.0. The number of hydrogen-bond acceptors (Lipinski definition) is 3. The van der Waals surface area contributed by atoms with E-state index in [4.69, 9.17) is 0 Å². The molecule has 134 valence electrons. The largest absolute Gasteiger partial charge is 0.391 e. The normalized spacial score (nSPS) is 12.2. The minimum Gasteiger partial charge on any atom is -0.391 e. The maximum Gasteiger partial charge on any atom is 0.239 e. The van der Waals surface area contributed by atoms with Crippen LogP contribution in [-0.4, -0.2) is 36.1 Å². The first-order chi connectivity index (χ1) is 12.0. The van der Waals surface area contributed by atoms with Crippen molar-refractivity contribution in [2.75, 3.05) is 13.1 Å². The van der Waals surface area contributed by atoms with Gasteiger partial charge in [-0.1, -0.05) is 56.3 Å². The molecule has 0 saturated carbocycles. The first kappa shape index (κ1) is 18.9. The highest BCUT2D eigenvalue weighted by molar-refractivity contribution is 5.91. The lowest BCUT2D eigenvalue weighted by Crippen LogP contribution is -2.40. The molecule has 0 aliphatic heterocycles. The Morgan fingerprint density at radius 2 is 1.72 bits per heavy atom. The predicted octanol–water partition coefficient (Wildman–Crippen LogP) is 2.02. The maximum atomic E-state index is 12.1. The molecule has 0 spiro atoms. The highest BCUT2D eigenvalue weighted by atomic mass is 16.3. The van der Waals surface area contributed by atoms with E-state index >= 15 is 0 Å². The van der Waals surface area contributed by atoms with E-state index in [9.17, 15) is 14.7 Å². The monoisotopic (exact) mass is 342 g/mol. The van der Waals surface area contributed by atoms with Gasteiger partial charge in [0.25, 0.3) is 0 Å². The number of fused-ring (bicyclic) bond motifs is 1. The Kier molecular flexibility index (Phi) is 6.95. The highest BCUT2D eigenvalue weighted by Crippen LogP contribution is 2.18. The number of carbonyl (C=O) groups is 2. The Morgan fingerprint density at radius 1 is 1.00 bits per heavy atom. The Bertz CT molecular complexity index is 722. The zero-order valence-electron chi connectivity index (χ0n) is 14.8. The van der Waals surface area contributed by atoms with E-state index in [0.717, 1.165) is 16.3 Å². The van der Waals surface area contributed by atoms with E-state index < -0.39 is 6.10 Å². The summed E-state index contributed by atoms with van der Waals surface area (Å²) in [4.78, 5) is 23.9. The molecule has 0 heterocycles. The van der Waals surface area contributed by atoms with Crippen LogP contribution in [0.1, 0.15) is 25.8 Å². The van der Waals surface area contributed by atoms with E-state index in [1.54, 1.807) is 0 Å². The van der Waals surface area contributed by atoms with Gasteiger partial charge in [-0.2, -0.15) is 0 Å². The first-order valence-electron chi connectivity index (χ1n) is 8.64. The quantitative estimate of drug-likeness (QED) is 0.687. The molecule has 0 radical (unpaired) electrons. The Labute approximate surface area is 148 Å². The van der Waals surface area contributed by atoms with E-state index in [2.05, 4.69) is 10.6 Å². The van der Waals surface area contributed by atoms with Crippen molar-refractivity contribution in [1.82, 2.24) is 10.6 Å². The summed E-state index contributed by atoms with van der Waals surface area (Å²) < 4.78 is 0. The van der Waals surface area contributed by atoms with Crippen LogP contribution in [0.4, 0.5) is 0 Å². The molecule has 0 bridgehead atoms. The van der Waals surface area contributed by atoms with Gasteiger partial charge in [-0.05, 0) is 28.7 Å². The standard InChI is InChI=1S/C20H26N2O3/c1-14(2)10-17(23)12-21-20(25)13-22-19(24)11-16-8-5-7-15-6-3-4-9-18(15)16/h3-9,14,17,23H,10-13H2,1-2H3,(H,21,25)(H,22,24). The number of nitrogens with one attached hydrogen (secondary N) is 2. The molecule has 25 heavy (non-hydrogen) atoms. The van der Waals surface area contributed by atoms with Crippen LogP contribution < -0.4 is 10.6 Å². The zero-order chi connectivity index (χ0) is 18.2. The lowest BCUT2D eigenvalue weighted by Gasteiger charge is -2.14. The van der Waals surface area contributed by atoms with Gasteiger partial charge >= 0.3 is 0 Å². The number of benzene rings is 2. The summed E-state index contributed by atoms with van der Waals surface area (Å²) in [6, 6.07) is 13.8. The second-order valence-corrected chi connectivity index (χ2v) is 6.68. The fourth-order valence-electron chi connectivity index (χ4n) is 2.78. The zero-order valence-corrected chi connectivity index (χ0v) is 14.8. The first-order valence-corrected chi connectivity index (χ1v) is 8.64. The molecular weight excluding hydrogens is 316 g/mol. The summed E-state index contributed by atoms with van der Waals surface area (Å²) >= 11 is 0. The van der Waals surface area contributed by atoms with Gasteiger partial charge in [-0.15, -0.1) is 0 Å². The summed E-state index contributed by atoms with van der Waals surface area (Å²) in [6.45, 7) is 4.14.